The van der Waals surface area contributed by atoms with Crippen molar-refractivity contribution in [2.75, 3.05) is 26.2 Å². The smallest absolute Gasteiger partial charge is 0.361 e. The van der Waals surface area contributed by atoms with Gasteiger partial charge in [-0.2, -0.15) is 0 Å². The van der Waals surface area contributed by atoms with Crippen molar-refractivity contribution in [2.24, 2.45) is 0 Å². The van der Waals surface area contributed by atoms with Gasteiger partial charge in [-0.1, -0.05) is 67.1 Å². The fourth-order valence-corrected chi connectivity index (χ4v) is 3.12. The maximum Gasteiger partial charge on any atom is 0.361 e. The van der Waals surface area contributed by atoms with Crippen LogP contribution in [0.2, 0.25) is 0 Å². The molecule has 3 rings (SSSR count). The highest BCUT2D eigenvalue weighted by atomic mass is 16.4. The Labute approximate surface area is 134 Å². The zero-order valence-electron chi connectivity index (χ0n) is 13.2. The maximum atomic E-state index is 6.28. The second-order valence-corrected chi connectivity index (χ2v) is 5.97. The van der Waals surface area contributed by atoms with Crippen LogP contribution in [-0.2, 0) is 4.65 Å². The second kappa shape index (κ2) is 8.16. The van der Waals surface area contributed by atoms with Crippen molar-refractivity contribution in [3.63, 3.8) is 0 Å². The molecule has 1 aliphatic heterocycles. The van der Waals surface area contributed by atoms with Crippen molar-refractivity contribution in [1.82, 2.24) is 4.90 Å². The Hall–Kier alpha value is -1.58. The Morgan fingerprint density at radius 3 is 1.86 bits per heavy atom. The second-order valence-electron chi connectivity index (χ2n) is 5.97. The summed E-state index contributed by atoms with van der Waals surface area (Å²) >= 11 is 0. The summed E-state index contributed by atoms with van der Waals surface area (Å²) in [5.41, 5.74) is 2.46. The van der Waals surface area contributed by atoms with E-state index < -0.39 is 0 Å². The van der Waals surface area contributed by atoms with E-state index in [1.54, 1.807) is 0 Å². The van der Waals surface area contributed by atoms with E-state index in [0.717, 1.165) is 13.2 Å². The molecule has 0 atom stereocenters. The van der Waals surface area contributed by atoms with Gasteiger partial charge in [-0.3, -0.25) is 0 Å². The molecule has 0 spiro atoms. The molecule has 0 unspecified atom stereocenters. The fourth-order valence-electron chi connectivity index (χ4n) is 3.12. The van der Waals surface area contributed by atoms with Crippen LogP contribution in [-0.4, -0.2) is 38.1 Å². The van der Waals surface area contributed by atoms with Crippen molar-refractivity contribution < 1.29 is 4.65 Å². The summed E-state index contributed by atoms with van der Waals surface area (Å²) in [6.45, 7) is 4.31. The number of rotatable bonds is 6. The molecule has 0 bridgehead atoms. The predicted molar refractivity (Wildman–Crippen MR) is 94.1 cm³/mol. The number of piperidine rings is 1. The molecule has 2 aromatic carbocycles. The van der Waals surface area contributed by atoms with Crippen LogP contribution in [0.15, 0.2) is 60.7 Å². The van der Waals surface area contributed by atoms with Gasteiger partial charge in [-0.25, -0.2) is 0 Å². The molecular formula is C19H24BNO. The highest BCUT2D eigenvalue weighted by Crippen LogP contribution is 2.07. The van der Waals surface area contributed by atoms with Crippen LogP contribution in [0.5, 0.6) is 0 Å². The zero-order chi connectivity index (χ0) is 15.0. The van der Waals surface area contributed by atoms with Gasteiger partial charge in [0, 0.05) is 13.2 Å². The third-order valence-corrected chi connectivity index (χ3v) is 4.35. The van der Waals surface area contributed by atoms with Gasteiger partial charge in [-0.15, -0.1) is 0 Å². The number of likely N-dealkylation sites (tertiary alicyclic amines) is 1. The lowest BCUT2D eigenvalue weighted by molar-refractivity contribution is 0.186. The maximum absolute atomic E-state index is 6.28. The van der Waals surface area contributed by atoms with Gasteiger partial charge in [0.2, 0.25) is 0 Å². The first-order valence-corrected chi connectivity index (χ1v) is 8.37. The molecule has 2 nitrogen and oxygen atoms in total. The van der Waals surface area contributed by atoms with Crippen LogP contribution in [0.4, 0.5) is 0 Å². The van der Waals surface area contributed by atoms with Gasteiger partial charge in [0.15, 0.2) is 0 Å². The molecule has 1 heterocycles. The Balaban J connectivity index is 1.64. The number of hydrogen-bond donors (Lipinski definition) is 0. The monoisotopic (exact) mass is 293 g/mol. The molecule has 3 heteroatoms. The summed E-state index contributed by atoms with van der Waals surface area (Å²) in [4.78, 5) is 2.52. The first-order chi connectivity index (χ1) is 10.9. The van der Waals surface area contributed by atoms with E-state index in [-0.39, 0.29) is 6.92 Å². The number of hydrogen-bond acceptors (Lipinski definition) is 2. The molecule has 2 aromatic rings. The standard InChI is InChI=1S/C19H24BNO/c1-4-10-18(11-5-1)20(19-12-6-2-7-13-19)22-17-16-21-14-8-3-9-15-21/h1-2,4-7,10-13H,3,8-9,14-17H2. The minimum absolute atomic E-state index is 0.0344. The number of nitrogens with zero attached hydrogens (tertiary/aromatic N) is 1. The molecule has 1 aliphatic rings. The van der Waals surface area contributed by atoms with Crippen LogP contribution >= 0.6 is 0 Å². The van der Waals surface area contributed by atoms with Crippen molar-refractivity contribution in [3.05, 3.63) is 60.7 Å². The quantitative estimate of drug-likeness (QED) is 0.758. The van der Waals surface area contributed by atoms with Gasteiger partial charge in [0.1, 0.15) is 0 Å². The van der Waals surface area contributed by atoms with E-state index in [4.69, 9.17) is 4.65 Å². The lowest BCUT2D eigenvalue weighted by Crippen LogP contribution is -2.46. The summed E-state index contributed by atoms with van der Waals surface area (Å²) in [7, 11) is 0. The summed E-state index contributed by atoms with van der Waals surface area (Å²) in [5, 5.41) is 0. The third kappa shape index (κ3) is 4.22. The number of benzene rings is 2. The summed E-state index contributed by atoms with van der Waals surface area (Å²) < 4.78 is 6.28. The van der Waals surface area contributed by atoms with Crippen molar-refractivity contribution in [2.45, 2.75) is 19.3 Å². The third-order valence-electron chi connectivity index (χ3n) is 4.35. The van der Waals surface area contributed by atoms with Crippen molar-refractivity contribution in [3.8, 4) is 0 Å². The SMILES string of the molecule is c1ccc(B(OCCN2CCCCC2)c2ccccc2)cc1. The molecule has 0 radical (unpaired) electrons. The van der Waals surface area contributed by atoms with Gasteiger partial charge in [0.25, 0.3) is 0 Å². The van der Waals surface area contributed by atoms with Crippen LogP contribution in [0.3, 0.4) is 0 Å². The van der Waals surface area contributed by atoms with Crippen molar-refractivity contribution in [1.29, 1.82) is 0 Å². The molecule has 0 N–H and O–H groups in total. The first-order valence-electron chi connectivity index (χ1n) is 8.37. The van der Waals surface area contributed by atoms with E-state index in [0.29, 0.717) is 0 Å². The minimum Gasteiger partial charge on any atom is -0.426 e. The largest absolute Gasteiger partial charge is 0.426 e. The average Bonchev–Trinajstić information content (AvgIpc) is 2.61. The van der Waals surface area contributed by atoms with Crippen LogP contribution in [0.1, 0.15) is 19.3 Å². The van der Waals surface area contributed by atoms with E-state index in [9.17, 15) is 0 Å². The lowest BCUT2D eigenvalue weighted by Gasteiger charge is -2.27. The first kappa shape index (κ1) is 15.3. The van der Waals surface area contributed by atoms with E-state index in [2.05, 4.69) is 65.6 Å². The molecule has 114 valence electrons. The fraction of sp³-hybridized carbons (Fsp3) is 0.368. The molecule has 22 heavy (non-hydrogen) atoms. The predicted octanol–water partition coefficient (Wildman–Crippen LogP) is 2.29. The zero-order valence-corrected chi connectivity index (χ0v) is 13.2. The molecule has 0 aliphatic carbocycles. The lowest BCUT2D eigenvalue weighted by atomic mass is 9.55. The average molecular weight is 293 g/mol. The highest BCUT2D eigenvalue weighted by Gasteiger charge is 2.21. The van der Waals surface area contributed by atoms with E-state index >= 15 is 0 Å². The molecule has 0 aromatic heterocycles. The van der Waals surface area contributed by atoms with Gasteiger partial charge in [0.05, 0.1) is 0 Å². The normalized spacial score (nSPS) is 15.6. The Morgan fingerprint density at radius 2 is 1.32 bits per heavy atom. The van der Waals surface area contributed by atoms with E-state index in [1.807, 2.05) is 0 Å². The van der Waals surface area contributed by atoms with Crippen LogP contribution < -0.4 is 10.9 Å². The van der Waals surface area contributed by atoms with Gasteiger partial charge >= 0.3 is 6.92 Å². The Morgan fingerprint density at radius 1 is 0.773 bits per heavy atom. The molecule has 0 amide bonds. The molecule has 1 fully saturated rings. The summed E-state index contributed by atoms with van der Waals surface area (Å²) in [6.07, 6.45) is 4.05. The van der Waals surface area contributed by atoms with Crippen molar-refractivity contribution >= 4 is 17.8 Å². The Bertz CT molecular complexity index is 500. The summed E-state index contributed by atoms with van der Waals surface area (Å²) in [6, 6.07) is 21.0. The molecular weight excluding hydrogens is 269 g/mol. The molecule has 1 saturated heterocycles. The van der Waals surface area contributed by atoms with Gasteiger partial charge in [-0.05, 0) is 36.9 Å². The summed E-state index contributed by atoms with van der Waals surface area (Å²) in [5.74, 6) is 0. The van der Waals surface area contributed by atoms with Crippen LogP contribution in [0, 0.1) is 0 Å². The highest BCUT2D eigenvalue weighted by molar-refractivity contribution is 6.80. The van der Waals surface area contributed by atoms with Crippen LogP contribution in [0.25, 0.3) is 0 Å². The topological polar surface area (TPSA) is 12.5 Å². The molecule has 0 saturated carbocycles. The Kier molecular flexibility index (Phi) is 5.69. The minimum atomic E-state index is 0.0344. The van der Waals surface area contributed by atoms with E-state index in [1.165, 1.54) is 43.3 Å². The van der Waals surface area contributed by atoms with Gasteiger partial charge < -0.3 is 9.55 Å².